The average molecular weight is 743 g/mol. The molecule has 0 saturated heterocycles. The van der Waals surface area contributed by atoms with Crippen LogP contribution in [0.5, 0.6) is 0 Å². The number of anilines is 2. The minimum absolute atomic E-state index is 0.159. The van der Waals surface area contributed by atoms with E-state index in [4.69, 9.17) is 24.4 Å². The van der Waals surface area contributed by atoms with Crippen LogP contribution in [0.4, 0.5) is 10.8 Å². The molecule has 7 nitrogen and oxygen atoms in total. The number of nitrogens with zero attached hydrogens (tertiary/aromatic N) is 1. The number of thiocarbonyl (C=S) groups is 2. The summed E-state index contributed by atoms with van der Waals surface area (Å²) < 4.78 is 2.54. The Bertz CT molecular complexity index is 1400. The van der Waals surface area contributed by atoms with Crippen molar-refractivity contribution in [2.24, 2.45) is 0 Å². The second kappa shape index (κ2) is 11.6. The van der Waals surface area contributed by atoms with E-state index in [2.05, 4.69) is 71.4 Å². The van der Waals surface area contributed by atoms with Gasteiger partial charge in [0.15, 0.2) is 15.4 Å². The molecule has 1 heterocycles. The summed E-state index contributed by atoms with van der Waals surface area (Å²) in [5.74, 6) is -0.570. The summed E-state index contributed by atoms with van der Waals surface area (Å²) in [5.41, 5.74) is 2.55. The number of amides is 2. The minimum atomic E-state index is -0.291. The van der Waals surface area contributed by atoms with E-state index in [-0.39, 0.29) is 22.0 Å². The molecule has 0 aliphatic rings. The van der Waals surface area contributed by atoms with Gasteiger partial charge in [-0.2, -0.15) is 0 Å². The first-order chi connectivity index (χ1) is 16.8. The molecule has 176 valence electrons. The molecule has 0 fully saturated rings. The lowest BCUT2D eigenvalue weighted by Gasteiger charge is -2.10. The molecule has 4 N–H and O–H groups in total. The molecule has 35 heavy (non-hydrogen) atoms. The van der Waals surface area contributed by atoms with Crippen LogP contribution in [0, 0.1) is 7.14 Å². The highest BCUT2D eigenvalue weighted by molar-refractivity contribution is 14.1. The fourth-order valence-electron chi connectivity index (χ4n) is 2.98. The summed E-state index contributed by atoms with van der Waals surface area (Å²) in [6, 6.07) is 20.0. The van der Waals surface area contributed by atoms with Crippen LogP contribution < -0.4 is 21.3 Å². The van der Waals surface area contributed by atoms with Gasteiger partial charge in [0.25, 0.3) is 11.8 Å². The van der Waals surface area contributed by atoms with E-state index in [1.165, 1.54) is 11.3 Å². The number of nitrogens with one attached hydrogen (secondary N) is 4. The van der Waals surface area contributed by atoms with Crippen molar-refractivity contribution in [2.75, 3.05) is 10.6 Å². The Hall–Kier alpha value is -2.27. The molecule has 4 aromatic rings. The first kappa shape index (κ1) is 25.8. The standard InChI is InChI=1S/C23H15I2N5O2S3/c24-15-7-3-1-5-13(15)19(31)28-21(33)26-12-9-10-17-18(11-12)35-23(27-17)30-22(34)29-20(32)14-6-2-4-8-16(14)25/h1-11H,(H2,26,28,31,33)(H2,27,29,30,32,34). The van der Waals surface area contributed by atoms with Crippen LogP contribution in [0.15, 0.2) is 66.7 Å². The van der Waals surface area contributed by atoms with Gasteiger partial charge in [-0.1, -0.05) is 35.6 Å². The van der Waals surface area contributed by atoms with E-state index in [1.807, 2.05) is 42.5 Å². The second-order valence-electron chi connectivity index (χ2n) is 6.98. The first-order valence-corrected chi connectivity index (χ1v) is 13.7. The van der Waals surface area contributed by atoms with Crippen LogP contribution in [-0.4, -0.2) is 27.0 Å². The highest BCUT2D eigenvalue weighted by Crippen LogP contribution is 2.28. The SMILES string of the molecule is O=C(NC(=S)Nc1ccc2nc(NC(=S)NC(=O)c3ccccc3I)sc2c1)c1ccccc1I. The molecule has 0 aliphatic carbocycles. The predicted octanol–water partition coefficient (Wildman–Crippen LogP) is 5.76. The monoisotopic (exact) mass is 743 g/mol. The lowest BCUT2D eigenvalue weighted by atomic mass is 10.2. The molecule has 0 radical (unpaired) electrons. The predicted molar refractivity (Wildman–Crippen MR) is 165 cm³/mol. The number of rotatable bonds is 4. The van der Waals surface area contributed by atoms with Gasteiger partial charge in [-0.3, -0.25) is 20.2 Å². The molecule has 12 heteroatoms. The molecule has 0 aliphatic heterocycles. The largest absolute Gasteiger partial charge is 0.332 e. The van der Waals surface area contributed by atoms with E-state index in [1.54, 1.807) is 24.3 Å². The van der Waals surface area contributed by atoms with Gasteiger partial charge in [-0.05, 0) is 112 Å². The maximum absolute atomic E-state index is 12.5. The number of aromatic nitrogens is 1. The third-order valence-electron chi connectivity index (χ3n) is 4.56. The summed E-state index contributed by atoms with van der Waals surface area (Å²) in [6.45, 7) is 0. The summed E-state index contributed by atoms with van der Waals surface area (Å²) >= 11 is 16.2. The molecule has 2 amide bonds. The third-order valence-corrected chi connectivity index (χ3v) is 7.78. The van der Waals surface area contributed by atoms with Crippen molar-refractivity contribution >= 4 is 124 Å². The van der Waals surface area contributed by atoms with Crippen LogP contribution >= 0.6 is 81.0 Å². The van der Waals surface area contributed by atoms with Crippen molar-refractivity contribution in [1.29, 1.82) is 0 Å². The van der Waals surface area contributed by atoms with E-state index in [9.17, 15) is 9.59 Å². The summed E-state index contributed by atoms with van der Waals surface area (Å²) in [7, 11) is 0. The van der Waals surface area contributed by atoms with E-state index >= 15 is 0 Å². The molecule has 1 aromatic heterocycles. The van der Waals surface area contributed by atoms with Gasteiger partial charge in [0.05, 0.1) is 21.3 Å². The number of hydrogen-bond acceptors (Lipinski definition) is 6. The number of carbonyl (C=O) groups is 2. The highest BCUT2D eigenvalue weighted by atomic mass is 127. The number of halogens is 2. The Morgan fingerprint density at radius 2 is 1.31 bits per heavy atom. The average Bonchev–Trinajstić information content (AvgIpc) is 3.20. The van der Waals surface area contributed by atoms with Crippen LogP contribution in [0.1, 0.15) is 20.7 Å². The number of thiazole rings is 1. The van der Waals surface area contributed by atoms with Crippen molar-refractivity contribution in [3.63, 3.8) is 0 Å². The number of fused-ring (bicyclic) bond motifs is 1. The molecular weight excluding hydrogens is 728 g/mol. The molecule has 3 aromatic carbocycles. The van der Waals surface area contributed by atoms with Crippen LogP contribution in [0.3, 0.4) is 0 Å². The molecule has 0 saturated carbocycles. The van der Waals surface area contributed by atoms with Gasteiger partial charge in [0, 0.05) is 12.8 Å². The number of hydrogen-bond donors (Lipinski definition) is 4. The van der Waals surface area contributed by atoms with Gasteiger partial charge in [0.1, 0.15) is 0 Å². The molecule has 0 unspecified atom stereocenters. The Morgan fingerprint density at radius 1 is 0.771 bits per heavy atom. The lowest BCUT2D eigenvalue weighted by Crippen LogP contribution is -2.34. The number of benzene rings is 3. The molecule has 0 atom stereocenters. The quantitative estimate of drug-likeness (QED) is 0.156. The van der Waals surface area contributed by atoms with E-state index in [0.29, 0.717) is 21.9 Å². The molecular formula is C23H15I2N5O2S3. The summed E-state index contributed by atoms with van der Waals surface area (Å²) in [5, 5.41) is 12.2. The second-order valence-corrected chi connectivity index (χ2v) is 11.1. The van der Waals surface area contributed by atoms with Crippen LogP contribution in [0.25, 0.3) is 10.2 Å². The van der Waals surface area contributed by atoms with Gasteiger partial charge in [0.2, 0.25) is 0 Å². The molecule has 4 rings (SSSR count). The number of carbonyl (C=O) groups excluding carboxylic acids is 2. The van der Waals surface area contributed by atoms with Gasteiger partial charge >= 0.3 is 0 Å². The zero-order valence-electron chi connectivity index (χ0n) is 17.6. The fourth-order valence-corrected chi connectivity index (χ4v) is 5.62. The van der Waals surface area contributed by atoms with Crippen molar-refractivity contribution in [2.45, 2.75) is 0 Å². The summed E-state index contributed by atoms with van der Waals surface area (Å²) in [4.78, 5) is 29.4. The Morgan fingerprint density at radius 3 is 1.89 bits per heavy atom. The van der Waals surface area contributed by atoms with Gasteiger partial charge in [-0.15, -0.1) is 0 Å². The zero-order chi connectivity index (χ0) is 24.9. The Labute approximate surface area is 242 Å². The van der Waals surface area contributed by atoms with Crippen molar-refractivity contribution in [3.05, 3.63) is 85.0 Å². The first-order valence-electron chi connectivity index (χ1n) is 9.94. The maximum atomic E-state index is 12.5. The normalized spacial score (nSPS) is 10.5. The van der Waals surface area contributed by atoms with Gasteiger partial charge in [-0.25, -0.2) is 4.98 Å². The van der Waals surface area contributed by atoms with Crippen molar-refractivity contribution in [3.8, 4) is 0 Å². The maximum Gasteiger partial charge on any atom is 0.258 e. The lowest BCUT2D eigenvalue weighted by molar-refractivity contribution is 0.0968. The smallest absolute Gasteiger partial charge is 0.258 e. The molecule has 0 bridgehead atoms. The highest BCUT2D eigenvalue weighted by Gasteiger charge is 2.14. The van der Waals surface area contributed by atoms with E-state index in [0.717, 1.165) is 17.4 Å². The Balaban J connectivity index is 1.38. The fraction of sp³-hybridized carbons (Fsp3) is 0. The minimum Gasteiger partial charge on any atom is -0.332 e. The topological polar surface area (TPSA) is 95.2 Å². The van der Waals surface area contributed by atoms with E-state index < -0.39 is 0 Å². The van der Waals surface area contributed by atoms with Crippen LogP contribution in [0.2, 0.25) is 0 Å². The van der Waals surface area contributed by atoms with Crippen LogP contribution in [-0.2, 0) is 0 Å². The van der Waals surface area contributed by atoms with Gasteiger partial charge < -0.3 is 10.6 Å². The van der Waals surface area contributed by atoms with Crippen molar-refractivity contribution in [1.82, 2.24) is 15.6 Å². The van der Waals surface area contributed by atoms with Crippen molar-refractivity contribution < 1.29 is 9.59 Å². The Kier molecular flexibility index (Phi) is 8.59. The molecule has 0 spiro atoms. The summed E-state index contributed by atoms with van der Waals surface area (Å²) in [6.07, 6.45) is 0. The third kappa shape index (κ3) is 6.69. The zero-order valence-corrected chi connectivity index (χ0v) is 24.4.